The van der Waals surface area contributed by atoms with Crippen molar-refractivity contribution in [1.29, 1.82) is 0 Å². The largest absolute Gasteiger partial charge is 0.480 e. The van der Waals surface area contributed by atoms with Gasteiger partial charge in [-0.15, -0.1) is 0 Å². The van der Waals surface area contributed by atoms with Gasteiger partial charge in [0.2, 0.25) is 5.91 Å². The summed E-state index contributed by atoms with van der Waals surface area (Å²) in [6, 6.07) is 23.2. The van der Waals surface area contributed by atoms with Crippen LogP contribution in [0.15, 0.2) is 78.9 Å². The molecule has 0 radical (unpaired) electrons. The molecule has 0 aliphatic heterocycles. The Bertz CT molecular complexity index is 1280. The van der Waals surface area contributed by atoms with E-state index in [9.17, 15) is 19.5 Å². The van der Waals surface area contributed by atoms with Crippen molar-refractivity contribution in [3.63, 3.8) is 0 Å². The fourth-order valence-corrected chi connectivity index (χ4v) is 4.99. The van der Waals surface area contributed by atoms with Gasteiger partial charge in [-0.3, -0.25) is 4.79 Å². The molecule has 0 saturated heterocycles. The Morgan fingerprint density at radius 1 is 0.825 bits per heavy atom. The number of carbonyl (C=O) groups is 3. The van der Waals surface area contributed by atoms with Gasteiger partial charge >= 0.3 is 12.1 Å². The monoisotopic (exact) mass is 544 g/mol. The number of carbonyl (C=O) groups excluding carboxylic acids is 2. The van der Waals surface area contributed by atoms with Gasteiger partial charge in [-0.1, -0.05) is 99.1 Å². The summed E-state index contributed by atoms with van der Waals surface area (Å²) >= 11 is 0. The van der Waals surface area contributed by atoms with Gasteiger partial charge in [0, 0.05) is 5.92 Å². The molecule has 0 saturated carbocycles. The van der Waals surface area contributed by atoms with Crippen LogP contribution in [0.25, 0.3) is 11.1 Å². The zero-order valence-corrected chi connectivity index (χ0v) is 23.0. The Morgan fingerprint density at radius 2 is 1.40 bits per heavy atom. The van der Waals surface area contributed by atoms with E-state index < -0.39 is 36.2 Å². The Hall–Kier alpha value is -4.17. The highest BCUT2D eigenvalue weighted by atomic mass is 16.5. The van der Waals surface area contributed by atoms with Crippen molar-refractivity contribution in [1.82, 2.24) is 10.6 Å². The van der Waals surface area contributed by atoms with Gasteiger partial charge in [0.25, 0.3) is 0 Å². The molecule has 3 N–H and O–H groups in total. The van der Waals surface area contributed by atoms with Gasteiger partial charge in [0.05, 0.1) is 12.7 Å². The molecule has 0 bridgehead atoms. The lowest BCUT2D eigenvalue weighted by atomic mass is 9.97. The molecule has 0 fully saturated rings. The molecule has 210 valence electrons. The maximum Gasteiger partial charge on any atom is 0.407 e. The summed E-state index contributed by atoms with van der Waals surface area (Å²) in [5.41, 5.74) is 5.29. The molecule has 1 aliphatic carbocycles. The predicted octanol–water partition coefficient (Wildman–Crippen LogP) is 5.11. The van der Waals surface area contributed by atoms with Crippen molar-refractivity contribution in [3.8, 4) is 11.1 Å². The van der Waals surface area contributed by atoms with E-state index in [2.05, 4.69) is 22.8 Å². The van der Waals surface area contributed by atoms with E-state index in [-0.39, 0.29) is 25.0 Å². The highest BCUT2D eigenvalue weighted by Gasteiger charge is 2.34. The summed E-state index contributed by atoms with van der Waals surface area (Å²) in [6.07, 6.45) is -0.962. The standard InChI is InChI=1S/C32H36N2O6/c1-4-20(2)28(30(35)33-29(31(36)37)21(3)39-18-22-12-6-5-7-13-22)34-32(38)40-19-27-25-16-10-8-14-23(25)24-15-9-11-17-26(24)27/h5-17,20-21,27-29H,4,18-19H2,1-3H3,(H,33,35)(H,34,38)(H,36,37)/t20-,21-,28-,29+/m0/s1. The minimum absolute atomic E-state index is 0.108. The minimum Gasteiger partial charge on any atom is -0.480 e. The van der Waals surface area contributed by atoms with Crippen LogP contribution in [0.3, 0.4) is 0 Å². The second-order valence-electron chi connectivity index (χ2n) is 10.2. The fourth-order valence-electron chi connectivity index (χ4n) is 4.99. The summed E-state index contributed by atoms with van der Waals surface area (Å²) in [7, 11) is 0. The predicted molar refractivity (Wildman–Crippen MR) is 152 cm³/mol. The Kier molecular flexibility index (Phi) is 9.56. The molecule has 0 aromatic heterocycles. The van der Waals surface area contributed by atoms with E-state index in [0.29, 0.717) is 6.42 Å². The van der Waals surface area contributed by atoms with E-state index >= 15 is 0 Å². The van der Waals surface area contributed by atoms with Gasteiger partial charge in [-0.25, -0.2) is 9.59 Å². The molecule has 40 heavy (non-hydrogen) atoms. The molecule has 8 heteroatoms. The third kappa shape index (κ3) is 6.69. The summed E-state index contributed by atoms with van der Waals surface area (Å²) in [6.45, 7) is 5.62. The number of fused-ring (bicyclic) bond motifs is 3. The number of amides is 2. The molecule has 0 spiro atoms. The molecular weight excluding hydrogens is 508 g/mol. The first-order valence-corrected chi connectivity index (χ1v) is 13.6. The topological polar surface area (TPSA) is 114 Å². The van der Waals surface area contributed by atoms with Crippen LogP contribution in [0.1, 0.15) is 49.8 Å². The van der Waals surface area contributed by atoms with Crippen LogP contribution < -0.4 is 10.6 Å². The van der Waals surface area contributed by atoms with Crippen molar-refractivity contribution in [2.45, 2.75) is 57.9 Å². The third-order valence-electron chi connectivity index (χ3n) is 7.50. The van der Waals surface area contributed by atoms with Gasteiger partial charge in [-0.2, -0.15) is 0 Å². The van der Waals surface area contributed by atoms with Crippen LogP contribution in [0.4, 0.5) is 4.79 Å². The van der Waals surface area contributed by atoms with Crippen molar-refractivity contribution in [3.05, 3.63) is 95.6 Å². The lowest BCUT2D eigenvalue weighted by Crippen LogP contribution is -2.57. The van der Waals surface area contributed by atoms with Crippen LogP contribution in [-0.4, -0.2) is 47.9 Å². The number of hydrogen-bond acceptors (Lipinski definition) is 5. The number of alkyl carbamates (subject to hydrolysis) is 1. The highest BCUT2D eigenvalue weighted by molar-refractivity contribution is 5.89. The van der Waals surface area contributed by atoms with E-state index in [1.54, 1.807) is 6.92 Å². The molecule has 1 aliphatic rings. The molecule has 8 nitrogen and oxygen atoms in total. The van der Waals surface area contributed by atoms with Crippen LogP contribution in [0.2, 0.25) is 0 Å². The van der Waals surface area contributed by atoms with Crippen molar-refractivity contribution in [2.75, 3.05) is 6.61 Å². The average Bonchev–Trinajstić information content (AvgIpc) is 3.29. The van der Waals surface area contributed by atoms with E-state index in [1.807, 2.05) is 80.6 Å². The number of carboxylic acid groups (broad SMARTS) is 1. The van der Waals surface area contributed by atoms with Gasteiger partial charge in [-0.05, 0) is 40.7 Å². The average molecular weight is 545 g/mol. The highest BCUT2D eigenvalue weighted by Crippen LogP contribution is 2.44. The summed E-state index contributed by atoms with van der Waals surface area (Å²) in [5.74, 6) is -2.22. The Morgan fingerprint density at radius 3 is 1.98 bits per heavy atom. The van der Waals surface area contributed by atoms with Crippen LogP contribution in [0, 0.1) is 5.92 Å². The Balaban J connectivity index is 1.39. The quantitative estimate of drug-likeness (QED) is 0.292. The summed E-state index contributed by atoms with van der Waals surface area (Å²) in [5, 5.41) is 15.0. The van der Waals surface area contributed by atoms with Gasteiger partial charge in [0.15, 0.2) is 6.04 Å². The number of ether oxygens (including phenoxy) is 2. The SMILES string of the molecule is CC[C@H](C)[C@H](NC(=O)OCC1c2ccccc2-c2ccccc21)C(=O)N[C@@H](C(=O)O)[C@H](C)OCc1ccccc1. The van der Waals surface area contributed by atoms with Crippen molar-refractivity contribution >= 4 is 18.0 Å². The van der Waals surface area contributed by atoms with E-state index in [1.165, 1.54) is 0 Å². The number of benzene rings is 3. The first-order chi connectivity index (χ1) is 19.3. The van der Waals surface area contributed by atoms with Gasteiger partial charge < -0.3 is 25.2 Å². The zero-order chi connectivity index (χ0) is 28.6. The van der Waals surface area contributed by atoms with E-state index in [4.69, 9.17) is 9.47 Å². The molecule has 3 aromatic rings. The molecule has 0 heterocycles. The maximum atomic E-state index is 13.3. The second kappa shape index (κ2) is 13.3. The first-order valence-electron chi connectivity index (χ1n) is 13.6. The first kappa shape index (κ1) is 28.8. The van der Waals surface area contributed by atoms with Crippen LogP contribution in [-0.2, 0) is 25.7 Å². The Labute approximate surface area is 234 Å². The molecule has 2 amide bonds. The molecule has 3 aromatic carbocycles. The maximum absolute atomic E-state index is 13.3. The molecular formula is C32H36N2O6. The lowest BCUT2D eigenvalue weighted by Gasteiger charge is -2.27. The van der Waals surface area contributed by atoms with Gasteiger partial charge in [0.1, 0.15) is 12.6 Å². The summed E-state index contributed by atoms with van der Waals surface area (Å²) in [4.78, 5) is 38.2. The molecule has 4 rings (SSSR count). The number of aliphatic carboxylic acids is 1. The normalized spacial score (nSPS) is 15.2. The van der Waals surface area contributed by atoms with Crippen LogP contribution in [0.5, 0.6) is 0 Å². The van der Waals surface area contributed by atoms with E-state index in [0.717, 1.165) is 27.8 Å². The zero-order valence-electron chi connectivity index (χ0n) is 23.0. The third-order valence-corrected chi connectivity index (χ3v) is 7.50. The summed E-state index contributed by atoms with van der Waals surface area (Å²) < 4.78 is 11.4. The number of nitrogens with one attached hydrogen (secondary N) is 2. The lowest BCUT2D eigenvalue weighted by molar-refractivity contribution is -0.147. The number of carboxylic acids is 1. The molecule has 0 unspecified atom stereocenters. The number of hydrogen-bond donors (Lipinski definition) is 3. The minimum atomic E-state index is -1.30. The fraction of sp³-hybridized carbons (Fsp3) is 0.344. The smallest absolute Gasteiger partial charge is 0.407 e. The number of rotatable bonds is 12. The van der Waals surface area contributed by atoms with Crippen molar-refractivity contribution < 1.29 is 29.0 Å². The molecule has 4 atom stereocenters. The van der Waals surface area contributed by atoms with Crippen LogP contribution >= 0.6 is 0 Å². The van der Waals surface area contributed by atoms with Crippen molar-refractivity contribution in [2.24, 2.45) is 5.92 Å². The second-order valence-corrected chi connectivity index (χ2v) is 10.2.